The molecule has 3 N–H and O–H groups in total. The van der Waals surface area contributed by atoms with Gasteiger partial charge in [0, 0.05) is 57.6 Å². The standard InChI is InChI=1S/C25H32N6O/c1-3-27-25(29-14-12-20-10-7-11-22(18-20)24(32)26-2)30-15-13-23-28-16-17-31(23)19-21-8-5-4-6-9-21/h4-11,16-18H,3,12-15,19H2,1-2H3,(H,26,32)(H2,27,29,30). The molecule has 168 valence electrons. The van der Waals surface area contributed by atoms with Crippen molar-refractivity contribution in [1.29, 1.82) is 0 Å². The monoisotopic (exact) mass is 432 g/mol. The van der Waals surface area contributed by atoms with E-state index in [9.17, 15) is 4.79 Å². The van der Waals surface area contributed by atoms with Crippen LogP contribution in [0, 0.1) is 0 Å². The van der Waals surface area contributed by atoms with Crippen LogP contribution in [0.4, 0.5) is 0 Å². The Morgan fingerprint density at radius 2 is 1.84 bits per heavy atom. The number of carbonyl (C=O) groups excluding carboxylic acids is 1. The van der Waals surface area contributed by atoms with Gasteiger partial charge in [0.15, 0.2) is 5.96 Å². The first-order valence-corrected chi connectivity index (χ1v) is 11.1. The Morgan fingerprint density at radius 1 is 1.03 bits per heavy atom. The van der Waals surface area contributed by atoms with Crippen molar-refractivity contribution in [3.63, 3.8) is 0 Å². The molecule has 0 atom stereocenters. The Hall–Kier alpha value is -3.61. The maximum Gasteiger partial charge on any atom is 0.251 e. The van der Waals surface area contributed by atoms with Crippen molar-refractivity contribution in [3.8, 4) is 0 Å². The number of aliphatic imine (C=N–C) groups is 1. The minimum atomic E-state index is -0.0691. The first kappa shape index (κ1) is 23.1. The zero-order chi connectivity index (χ0) is 22.6. The fourth-order valence-corrected chi connectivity index (χ4v) is 3.44. The van der Waals surface area contributed by atoms with Crippen LogP contribution in [0.5, 0.6) is 0 Å². The van der Waals surface area contributed by atoms with Crippen LogP contribution in [0.1, 0.15) is 34.2 Å². The largest absolute Gasteiger partial charge is 0.357 e. The summed E-state index contributed by atoms with van der Waals surface area (Å²) in [4.78, 5) is 21.0. The minimum absolute atomic E-state index is 0.0691. The molecule has 0 bridgehead atoms. The highest BCUT2D eigenvalue weighted by Gasteiger charge is 2.06. The van der Waals surface area contributed by atoms with E-state index in [2.05, 4.69) is 56.7 Å². The lowest BCUT2D eigenvalue weighted by molar-refractivity contribution is 0.0963. The first-order chi connectivity index (χ1) is 15.7. The lowest BCUT2D eigenvalue weighted by atomic mass is 10.1. The smallest absolute Gasteiger partial charge is 0.251 e. The summed E-state index contributed by atoms with van der Waals surface area (Å²) in [6.07, 6.45) is 5.43. The van der Waals surface area contributed by atoms with Gasteiger partial charge in [0.25, 0.3) is 5.91 Å². The van der Waals surface area contributed by atoms with Crippen LogP contribution in [-0.2, 0) is 19.4 Å². The molecule has 1 heterocycles. The van der Waals surface area contributed by atoms with Gasteiger partial charge >= 0.3 is 0 Å². The molecule has 3 aromatic rings. The molecule has 0 aliphatic carbocycles. The molecule has 0 spiro atoms. The highest BCUT2D eigenvalue weighted by molar-refractivity contribution is 5.94. The number of rotatable bonds is 10. The van der Waals surface area contributed by atoms with Crippen LogP contribution in [0.2, 0.25) is 0 Å². The number of amides is 1. The van der Waals surface area contributed by atoms with E-state index >= 15 is 0 Å². The predicted molar refractivity (Wildman–Crippen MR) is 129 cm³/mol. The topological polar surface area (TPSA) is 83.3 Å². The molecule has 0 aliphatic rings. The normalized spacial score (nSPS) is 11.2. The van der Waals surface area contributed by atoms with Gasteiger partial charge in [-0.2, -0.15) is 0 Å². The number of hydrogen-bond donors (Lipinski definition) is 3. The average Bonchev–Trinajstić information content (AvgIpc) is 3.26. The molecular formula is C25H32N6O. The molecule has 0 aliphatic heterocycles. The van der Waals surface area contributed by atoms with E-state index in [0.717, 1.165) is 49.8 Å². The average molecular weight is 433 g/mol. The van der Waals surface area contributed by atoms with Crippen molar-refractivity contribution in [1.82, 2.24) is 25.5 Å². The molecule has 7 heteroatoms. The van der Waals surface area contributed by atoms with Crippen LogP contribution < -0.4 is 16.0 Å². The molecule has 0 saturated carbocycles. The summed E-state index contributed by atoms with van der Waals surface area (Å²) in [7, 11) is 1.64. The van der Waals surface area contributed by atoms with E-state index in [1.54, 1.807) is 7.05 Å². The number of imidazole rings is 1. The third-order valence-corrected chi connectivity index (χ3v) is 5.07. The third-order valence-electron chi connectivity index (χ3n) is 5.07. The fourth-order valence-electron chi connectivity index (χ4n) is 3.44. The van der Waals surface area contributed by atoms with Crippen LogP contribution in [0.3, 0.4) is 0 Å². The number of carbonyl (C=O) groups is 1. The summed E-state index contributed by atoms with van der Waals surface area (Å²) in [5.41, 5.74) is 3.04. The fraction of sp³-hybridized carbons (Fsp3) is 0.320. The molecule has 0 saturated heterocycles. The number of hydrogen-bond acceptors (Lipinski definition) is 3. The van der Waals surface area contributed by atoms with E-state index in [-0.39, 0.29) is 5.91 Å². The minimum Gasteiger partial charge on any atom is -0.357 e. The van der Waals surface area contributed by atoms with Gasteiger partial charge in [-0.3, -0.25) is 9.79 Å². The number of benzene rings is 2. The summed E-state index contributed by atoms with van der Waals surface area (Å²) in [6, 6.07) is 18.1. The van der Waals surface area contributed by atoms with Gasteiger partial charge in [-0.1, -0.05) is 42.5 Å². The Balaban J connectivity index is 1.51. The van der Waals surface area contributed by atoms with E-state index in [1.807, 2.05) is 42.7 Å². The van der Waals surface area contributed by atoms with Gasteiger partial charge in [0.1, 0.15) is 5.82 Å². The lowest BCUT2D eigenvalue weighted by Gasteiger charge is -2.12. The molecule has 7 nitrogen and oxygen atoms in total. The van der Waals surface area contributed by atoms with Crippen LogP contribution in [-0.4, -0.2) is 48.1 Å². The van der Waals surface area contributed by atoms with Crippen LogP contribution in [0.25, 0.3) is 0 Å². The predicted octanol–water partition coefficient (Wildman–Crippen LogP) is 2.63. The highest BCUT2D eigenvalue weighted by atomic mass is 16.1. The van der Waals surface area contributed by atoms with E-state index in [0.29, 0.717) is 12.1 Å². The molecule has 2 aromatic carbocycles. The third kappa shape index (κ3) is 6.97. The zero-order valence-corrected chi connectivity index (χ0v) is 18.8. The summed E-state index contributed by atoms with van der Waals surface area (Å²) in [6.45, 7) is 5.03. The van der Waals surface area contributed by atoms with Gasteiger partial charge in [-0.15, -0.1) is 0 Å². The Kier molecular flexibility index (Phi) is 8.86. The van der Waals surface area contributed by atoms with Gasteiger partial charge in [-0.25, -0.2) is 4.98 Å². The Morgan fingerprint density at radius 3 is 2.62 bits per heavy atom. The second-order valence-corrected chi connectivity index (χ2v) is 7.42. The molecule has 3 rings (SSSR count). The molecule has 0 fully saturated rings. The number of nitrogens with zero attached hydrogens (tertiary/aromatic N) is 3. The molecule has 1 aromatic heterocycles. The summed E-state index contributed by atoms with van der Waals surface area (Å²) in [5, 5.41) is 9.33. The van der Waals surface area contributed by atoms with Gasteiger partial charge in [0.2, 0.25) is 0 Å². The molecule has 1 amide bonds. The molecular weight excluding hydrogens is 400 g/mol. The Bertz CT molecular complexity index is 1010. The zero-order valence-electron chi connectivity index (χ0n) is 18.8. The van der Waals surface area contributed by atoms with Gasteiger partial charge < -0.3 is 20.5 Å². The van der Waals surface area contributed by atoms with Crippen molar-refractivity contribution in [2.24, 2.45) is 4.99 Å². The maximum atomic E-state index is 11.8. The number of aromatic nitrogens is 2. The highest BCUT2D eigenvalue weighted by Crippen LogP contribution is 2.07. The van der Waals surface area contributed by atoms with E-state index in [1.165, 1.54) is 5.56 Å². The summed E-state index contributed by atoms with van der Waals surface area (Å²) in [5.74, 6) is 1.75. The lowest BCUT2D eigenvalue weighted by Crippen LogP contribution is -2.38. The second kappa shape index (κ2) is 12.3. The van der Waals surface area contributed by atoms with Crippen molar-refractivity contribution in [2.75, 3.05) is 26.7 Å². The summed E-state index contributed by atoms with van der Waals surface area (Å²) >= 11 is 0. The van der Waals surface area contributed by atoms with E-state index < -0.39 is 0 Å². The maximum absolute atomic E-state index is 11.8. The van der Waals surface area contributed by atoms with Crippen molar-refractivity contribution >= 4 is 11.9 Å². The van der Waals surface area contributed by atoms with Crippen molar-refractivity contribution < 1.29 is 4.79 Å². The number of guanidine groups is 1. The first-order valence-electron chi connectivity index (χ1n) is 11.1. The van der Waals surface area contributed by atoms with Crippen LogP contribution >= 0.6 is 0 Å². The van der Waals surface area contributed by atoms with Crippen molar-refractivity contribution in [2.45, 2.75) is 26.3 Å². The quantitative estimate of drug-likeness (QED) is 0.340. The number of nitrogens with one attached hydrogen (secondary N) is 3. The Labute approximate surface area is 190 Å². The van der Waals surface area contributed by atoms with Crippen molar-refractivity contribution in [3.05, 3.63) is 89.5 Å². The second-order valence-electron chi connectivity index (χ2n) is 7.42. The molecule has 0 radical (unpaired) electrons. The summed E-state index contributed by atoms with van der Waals surface area (Å²) < 4.78 is 2.17. The van der Waals surface area contributed by atoms with E-state index in [4.69, 9.17) is 4.99 Å². The molecule has 0 unspecified atom stereocenters. The molecule has 32 heavy (non-hydrogen) atoms. The van der Waals surface area contributed by atoms with Gasteiger partial charge in [0.05, 0.1) is 0 Å². The van der Waals surface area contributed by atoms with Gasteiger partial charge in [-0.05, 0) is 36.6 Å². The van der Waals surface area contributed by atoms with Crippen LogP contribution in [0.15, 0.2) is 72.0 Å². The SMILES string of the molecule is CCNC(=NCCc1nccn1Cc1ccccc1)NCCc1cccc(C(=O)NC)c1.